The fourth-order valence-electron chi connectivity index (χ4n) is 4.16. The molecule has 0 spiro atoms. The molecule has 1 aliphatic rings. The first-order valence-corrected chi connectivity index (χ1v) is 10.1. The number of hydrogen-bond donors (Lipinski definition) is 2. The maximum Gasteiger partial charge on any atom is 0.221 e. The molecule has 146 valence electrons. The van der Waals surface area contributed by atoms with Crippen LogP contribution in [0.15, 0.2) is 54.7 Å². The number of carbonyl (C=O) groups excluding carboxylic acids is 1. The minimum atomic E-state index is -0.0523. The Hall–Kier alpha value is -2.79. The van der Waals surface area contributed by atoms with Gasteiger partial charge in [-0.05, 0) is 32.0 Å². The highest BCUT2D eigenvalue weighted by atomic mass is 16.5. The number of aromatic nitrogens is 1. The van der Waals surface area contributed by atoms with Gasteiger partial charge in [0, 0.05) is 22.7 Å². The van der Waals surface area contributed by atoms with E-state index in [1.54, 1.807) is 0 Å². The maximum atomic E-state index is 13.1. The Labute approximate surface area is 165 Å². The van der Waals surface area contributed by atoms with Crippen LogP contribution in [0.25, 0.3) is 10.9 Å². The third-order valence-corrected chi connectivity index (χ3v) is 5.77. The van der Waals surface area contributed by atoms with Crippen LogP contribution in [0, 0.1) is 0 Å². The van der Waals surface area contributed by atoms with E-state index in [-0.39, 0.29) is 11.8 Å². The van der Waals surface area contributed by atoms with Gasteiger partial charge < -0.3 is 19.5 Å². The monoisotopic (exact) mass is 378 g/mol. The van der Waals surface area contributed by atoms with Gasteiger partial charge in [0.15, 0.2) is 0 Å². The van der Waals surface area contributed by atoms with Crippen LogP contribution in [0.4, 0.5) is 5.69 Å². The summed E-state index contributed by atoms with van der Waals surface area (Å²) < 4.78 is 5.79. The molecule has 4 rings (SSSR count). The van der Waals surface area contributed by atoms with Gasteiger partial charge in [-0.25, -0.2) is 0 Å². The molecule has 0 radical (unpaired) electrons. The van der Waals surface area contributed by atoms with Crippen LogP contribution in [-0.2, 0) is 0 Å². The van der Waals surface area contributed by atoms with Crippen LogP contribution in [-0.4, -0.2) is 49.6 Å². The normalized spacial score (nSPS) is 16.3. The van der Waals surface area contributed by atoms with E-state index >= 15 is 0 Å². The number of H-pyrrole nitrogens is 1. The van der Waals surface area contributed by atoms with Gasteiger partial charge in [-0.3, -0.25) is 4.79 Å². The molecule has 1 aliphatic heterocycles. The fourth-order valence-corrected chi connectivity index (χ4v) is 4.16. The molecule has 1 fully saturated rings. The molecule has 2 aromatic carbocycles. The number of quaternary nitrogens is 1. The van der Waals surface area contributed by atoms with Gasteiger partial charge in [-0.2, -0.15) is 0 Å². The summed E-state index contributed by atoms with van der Waals surface area (Å²) in [5.41, 5.74) is 2.98. The lowest BCUT2D eigenvalue weighted by Crippen LogP contribution is -3.18. The maximum absolute atomic E-state index is 13.1. The van der Waals surface area contributed by atoms with Crippen molar-refractivity contribution in [3.63, 3.8) is 0 Å². The summed E-state index contributed by atoms with van der Waals surface area (Å²) in [5, 5.41) is 1.02. The third-order valence-electron chi connectivity index (χ3n) is 5.77. The zero-order valence-corrected chi connectivity index (χ0v) is 16.6. The average Bonchev–Trinajstić information content (AvgIpc) is 3.18. The van der Waals surface area contributed by atoms with E-state index in [0.29, 0.717) is 6.61 Å². The highest BCUT2D eigenvalue weighted by molar-refractivity contribution is 6.09. The molecule has 1 atom stereocenters. The molecule has 5 heteroatoms. The van der Waals surface area contributed by atoms with Gasteiger partial charge in [0.2, 0.25) is 5.78 Å². The molecule has 0 aliphatic carbocycles. The molecule has 2 heterocycles. The van der Waals surface area contributed by atoms with Gasteiger partial charge in [0.25, 0.3) is 0 Å². The van der Waals surface area contributed by atoms with Crippen molar-refractivity contribution in [2.45, 2.75) is 19.9 Å². The van der Waals surface area contributed by atoms with Crippen LogP contribution >= 0.6 is 0 Å². The van der Waals surface area contributed by atoms with Crippen molar-refractivity contribution in [2.24, 2.45) is 0 Å². The number of piperazine rings is 1. The number of para-hydroxylation sites is 3. The van der Waals surface area contributed by atoms with E-state index in [4.69, 9.17) is 4.74 Å². The largest absolute Gasteiger partial charge is 0.492 e. The highest BCUT2D eigenvalue weighted by Gasteiger charge is 2.31. The first-order chi connectivity index (χ1) is 13.7. The number of benzene rings is 2. The lowest BCUT2D eigenvalue weighted by atomic mass is 10.0. The Morgan fingerprint density at radius 2 is 1.86 bits per heavy atom. The SMILES string of the molecule is CCOc1ccccc1N1CC[NH+]([C@H](C)C(=O)c2c[nH]c3ccccc23)CC1. The van der Waals surface area contributed by atoms with E-state index in [1.165, 1.54) is 4.90 Å². The molecule has 2 N–H and O–H groups in total. The number of Topliss-reactive ketones (excluding diaryl/α,β-unsaturated/α-hetero) is 1. The summed E-state index contributed by atoms with van der Waals surface area (Å²) in [7, 11) is 0. The molecular formula is C23H28N3O2+. The summed E-state index contributed by atoms with van der Waals surface area (Å²) in [4.78, 5) is 20.1. The number of ketones is 1. The number of rotatable bonds is 6. The lowest BCUT2D eigenvalue weighted by molar-refractivity contribution is -0.914. The van der Waals surface area contributed by atoms with E-state index in [9.17, 15) is 4.79 Å². The smallest absolute Gasteiger partial charge is 0.221 e. The number of anilines is 1. The molecule has 0 saturated carbocycles. The zero-order valence-electron chi connectivity index (χ0n) is 16.6. The van der Waals surface area contributed by atoms with Gasteiger partial charge in [-0.15, -0.1) is 0 Å². The molecule has 0 bridgehead atoms. The van der Waals surface area contributed by atoms with Crippen LogP contribution in [0.5, 0.6) is 5.75 Å². The second-order valence-electron chi connectivity index (χ2n) is 7.38. The van der Waals surface area contributed by atoms with Crippen LogP contribution in [0.2, 0.25) is 0 Å². The number of nitrogens with zero attached hydrogens (tertiary/aromatic N) is 1. The Morgan fingerprint density at radius 3 is 2.64 bits per heavy atom. The standard InChI is InChI=1S/C23H27N3O2/c1-3-28-22-11-7-6-10-21(22)26-14-12-25(13-15-26)17(2)23(27)19-16-24-20-9-5-4-8-18(19)20/h4-11,16-17,24H,3,12-15H2,1-2H3/p+1/t17-/m1/s1. The molecule has 3 aromatic rings. The highest BCUT2D eigenvalue weighted by Crippen LogP contribution is 2.28. The number of aromatic amines is 1. The van der Waals surface area contributed by atoms with Crippen molar-refractivity contribution < 1.29 is 14.4 Å². The predicted molar refractivity (Wildman–Crippen MR) is 113 cm³/mol. The molecule has 0 unspecified atom stereocenters. The van der Waals surface area contributed by atoms with E-state index in [2.05, 4.69) is 28.9 Å². The van der Waals surface area contributed by atoms with E-state index in [0.717, 1.165) is 54.1 Å². The number of fused-ring (bicyclic) bond motifs is 1. The molecule has 1 aromatic heterocycles. The summed E-state index contributed by atoms with van der Waals surface area (Å²) in [5.74, 6) is 1.16. The Kier molecular flexibility index (Phi) is 5.35. The van der Waals surface area contributed by atoms with Crippen molar-refractivity contribution in [3.05, 3.63) is 60.3 Å². The van der Waals surface area contributed by atoms with Crippen LogP contribution < -0.4 is 14.5 Å². The van der Waals surface area contributed by atoms with Gasteiger partial charge >= 0.3 is 0 Å². The minimum absolute atomic E-state index is 0.0523. The second kappa shape index (κ2) is 8.07. The summed E-state index contributed by atoms with van der Waals surface area (Å²) in [6.45, 7) is 8.46. The number of hydrogen-bond acceptors (Lipinski definition) is 3. The second-order valence-corrected chi connectivity index (χ2v) is 7.38. The Bertz CT molecular complexity index is 957. The molecule has 5 nitrogen and oxygen atoms in total. The fraction of sp³-hybridized carbons (Fsp3) is 0.348. The van der Waals surface area contributed by atoms with Crippen molar-refractivity contribution >= 4 is 22.4 Å². The molecule has 1 saturated heterocycles. The quantitative estimate of drug-likeness (QED) is 0.648. The minimum Gasteiger partial charge on any atom is -0.492 e. The van der Waals surface area contributed by atoms with Crippen LogP contribution in [0.1, 0.15) is 24.2 Å². The summed E-state index contributed by atoms with van der Waals surface area (Å²) in [6, 6.07) is 16.2. The topological polar surface area (TPSA) is 49.8 Å². The molecular weight excluding hydrogens is 350 g/mol. The lowest BCUT2D eigenvalue weighted by Gasteiger charge is -2.36. The number of nitrogens with one attached hydrogen (secondary N) is 2. The van der Waals surface area contributed by atoms with E-state index in [1.807, 2.05) is 49.5 Å². The van der Waals surface area contributed by atoms with Crippen LogP contribution in [0.3, 0.4) is 0 Å². The first kappa shape index (κ1) is 18.6. The molecule has 28 heavy (non-hydrogen) atoms. The number of carbonyl (C=O) groups is 1. The van der Waals surface area contributed by atoms with Crippen molar-refractivity contribution in [1.29, 1.82) is 0 Å². The van der Waals surface area contributed by atoms with Gasteiger partial charge in [0.05, 0.1) is 38.5 Å². The van der Waals surface area contributed by atoms with Crippen molar-refractivity contribution in [3.8, 4) is 5.75 Å². The predicted octanol–water partition coefficient (Wildman–Crippen LogP) is 2.54. The average molecular weight is 378 g/mol. The van der Waals surface area contributed by atoms with Gasteiger partial charge in [-0.1, -0.05) is 30.3 Å². The summed E-state index contributed by atoms with van der Waals surface area (Å²) >= 11 is 0. The number of ether oxygens (including phenoxy) is 1. The van der Waals surface area contributed by atoms with E-state index < -0.39 is 0 Å². The van der Waals surface area contributed by atoms with Crippen molar-refractivity contribution in [2.75, 3.05) is 37.7 Å². The molecule has 0 amide bonds. The Morgan fingerprint density at radius 1 is 1.14 bits per heavy atom. The third kappa shape index (κ3) is 3.50. The zero-order chi connectivity index (χ0) is 19.5. The Balaban J connectivity index is 1.44. The first-order valence-electron chi connectivity index (χ1n) is 10.1. The summed E-state index contributed by atoms with van der Waals surface area (Å²) in [6.07, 6.45) is 1.86. The van der Waals surface area contributed by atoms with Gasteiger partial charge in [0.1, 0.15) is 11.8 Å². The van der Waals surface area contributed by atoms with Crippen molar-refractivity contribution in [1.82, 2.24) is 4.98 Å².